The first-order chi connectivity index (χ1) is 17.1. The molecule has 8 nitrogen and oxygen atoms in total. The van der Waals surface area contributed by atoms with Crippen molar-refractivity contribution in [2.45, 2.75) is 64.2 Å². The third-order valence-electron chi connectivity index (χ3n) is 8.05. The van der Waals surface area contributed by atoms with E-state index in [1.807, 2.05) is 12.1 Å². The summed E-state index contributed by atoms with van der Waals surface area (Å²) in [6.07, 6.45) is 4.44. The number of fused-ring (bicyclic) bond motifs is 3. The summed E-state index contributed by atoms with van der Waals surface area (Å²) in [5.74, 6) is 2.89. The van der Waals surface area contributed by atoms with Crippen LogP contribution in [0.2, 0.25) is 0 Å². The van der Waals surface area contributed by atoms with Gasteiger partial charge in [0.15, 0.2) is 11.5 Å². The van der Waals surface area contributed by atoms with E-state index in [0.717, 1.165) is 66.0 Å². The van der Waals surface area contributed by atoms with Gasteiger partial charge in [0.25, 0.3) is 0 Å². The number of nitrogens with one attached hydrogen (secondary N) is 2. The lowest BCUT2D eigenvalue weighted by atomic mass is 9.63. The monoisotopic (exact) mass is 483 g/mol. The Kier molecular flexibility index (Phi) is 7.02. The zero-order valence-electron chi connectivity index (χ0n) is 21.1. The highest BCUT2D eigenvalue weighted by Gasteiger charge is 2.49. The normalized spacial score (nSPS) is 29.7. The van der Waals surface area contributed by atoms with E-state index in [1.54, 1.807) is 14.2 Å². The predicted molar refractivity (Wildman–Crippen MR) is 134 cm³/mol. The number of amides is 1. The number of benzene rings is 1. The molecule has 0 spiro atoms. The zero-order valence-corrected chi connectivity index (χ0v) is 21.1. The summed E-state index contributed by atoms with van der Waals surface area (Å²) in [7, 11) is 3.51. The second kappa shape index (κ2) is 10.2. The van der Waals surface area contributed by atoms with Crippen LogP contribution in [0.4, 0.5) is 5.82 Å². The van der Waals surface area contributed by atoms with Crippen molar-refractivity contribution in [3.63, 3.8) is 0 Å². The van der Waals surface area contributed by atoms with E-state index in [9.17, 15) is 4.79 Å². The quantitative estimate of drug-likeness (QED) is 0.588. The van der Waals surface area contributed by atoms with E-state index in [-0.39, 0.29) is 42.8 Å². The van der Waals surface area contributed by atoms with Crippen LogP contribution in [-0.4, -0.2) is 56.7 Å². The molecule has 1 saturated carbocycles. The lowest BCUT2D eigenvalue weighted by Crippen LogP contribution is -2.59. The summed E-state index contributed by atoms with van der Waals surface area (Å²) in [5.41, 5.74) is 1.90. The van der Waals surface area contributed by atoms with Crippen LogP contribution in [0.5, 0.6) is 11.5 Å². The van der Waals surface area contributed by atoms with Gasteiger partial charge in [-0.05, 0) is 62.1 Å². The number of ether oxygens (including phenoxy) is 4. The van der Waals surface area contributed by atoms with Gasteiger partial charge in [0.1, 0.15) is 5.82 Å². The zero-order chi connectivity index (χ0) is 24.5. The van der Waals surface area contributed by atoms with Gasteiger partial charge >= 0.3 is 0 Å². The summed E-state index contributed by atoms with van der Waals surface area (Å²) in [6.45, 7) is 5.21. The summed E-state index contributed by atoms with van der Waals surface area (Å²) in [6, 6.07) is 6.25. The van der Waals surface area contributed by atoms with Crippen LogP contribution in [0.1, 0.15) is 45.1 Å². The van der Waals surface area contributed by atoms with Crippen LogP contribution in [-0.2, 0) is 20.7 Å². The van der Waals surface area contributed by atoms with E-state index in [0.29, 0.717) is 12.3 Å². The summed E-state index contributed by atoms with van der Waals surface area (Å²) < 4.78 is 22.8. The van der Waals surface area contributed by atoms with Crippen LogP contribution < -0.4 is 20.1 Å². The van der Waals surface area contributed by atoms with E-state index >= 15 is 0 Å². The molecule has 1 saturated heterocycles. The molecule has 3 heterocycles. The van der Waals surface area contributed by atoms with Crippen LogP contribution >= 0.6 is 0 Å². The topological polar surface area (TPSA) is 90.9 Å². The fraction of sp³-hybridized carbons (Fsp3) is 0.630. The minimum Gasteiger partial charge on any atom is -0.454 e. The Morgan fingerprint density at radius 1 is 1.06 bits per heavy atom. The molecule has 2 aliphatic heterocycles. The van der Waals surface area contributed by atoms with Crippen LogP contribution in [0.15, 0.2) is 18.2 Å². The maximum Gasteiger partial charge on any atom is 0.231 e. The Bertz CT molecular complexity index is 1080. The second-order valence-electron chi connectivity index (χ2n) is 9.99. The van der Waals surface area contributed by atoms with Gasteiger partial charge < -0.3 is 29.6 Å². The molecule has 1 aromatic carbocycles. The first-order valence-electron chi connectivity index (χ1n) is 12.9. The standard InChI is InChI=1S/C27H37N3O5/c1-5-7-20-18-12-23(33-4)22(32-3)11-17(18)19(27(31)30-20)9-16-8-15-10-24-25(35-14-34-24)13-21(15)29-26(16)28-6-2/h8,10,13,17-20,22-23H,5-7,9,11-12,14H2,1-4H3,(H,28,29)(H,30,31). The van der Waals surface area contributed by atoms with E-state index < -0.39 is 0 Å². The molecular formula is C27H37N3O5. The molecule has 1 aliphatic carbocycles. The lowest BCUT2D eigenvalue weighted by molar-refractivity contribution is -0.144. The highest BCUT2D eigenvalue weighted by atomic mass is 16.7. The number of nitrogens with zero attached hydrogens (tertiary/aromatic N) is 1. The first-order valence-corrected chi connectivity index (χ1v) is 12.9. The van der Waals surface area contributed by atoms with Crippen molar-refractivity contribution in [1.29, 1.82) is 0 Å². The van der Waals surface area contributed by atoms with E-state index in [2.05, 4.69) is 30.5 Å². The van der Waals surface area contributed by atoms with Crippen molar-refractivity contribution in [3.8, 4) is 11.5 Å². The molecule has 6 unspecified atom stereocenters. The van der Waals surface area contributed by atoms with Gasteiger partial charge in [-0.2, -0.15) is 0 Å². The Hall–Kier alpha value is -2.58. The fourth-order valence-electron chi connectivity index (χ4n) is 6.36. The van der Waals surface area contributed by atoms with Crippen LogP contribution in [0.25, 0.3) is 10.9 Å². The highest BCUT2D eigenvalue weighted by Crippen LogP contribution is 2.45. The molecule has 0 bridgehead atoms. The maximum atomic E-state index is 13.5. The number of rotatable bonds is 8. The average Bonchev–Trinajstić information content (AvgIpc) is 3.32. The molecule has 6 atom stereocenters. The van der Waals surface area contributed by atoms with Gasteiger partial charge in [-0.3, -0.25) is 4.79 Å². The van der Waals surface area contributed by atoms with Crippen LogP contribution in [0.3, 0.4) is 0 Å². The summed E-state index contributed by atoms with van der Waals surface area (Å²) in [5, 5.41) is 7.78. The largest absolute Gasteiger partial charge is 0.454 e. The van der Waals surface area contributed by atoms with Crippen molar-refractivity contribution in [1.82, 2.24) is 10.3 Å². The van der Waals surface area contributed by atoms with Crippen molar-refractivity contribution in [3.05, 3.63) is 23.8 Å². The molecule has 1 amide bonds. The number of carbonyl (C=O) groups excluding carboxylic acids is 1. The number of hydrogen-bond acceptors (Lipinski definition) is 7. The molecule has 0 radical (unpaired) electrons. The molecule has 1 aromatic heterocycles. The van der Waals surface area contributed by atoms with Crippen molar-refractivity contribution in [2.24, 2.45) is 17.8 Å². The van der Waals surface area contributed by atoms with Gasteiger partial charge in [-0.25, -0.2) is 4.98 Å². The number of pyridine rings is 1. The predicted octanol–water partition coefficient (Wildman–Crippen LogP) is 3.91. The minimum absolute atomic E-state index is 0.000344. The van der Waals surface area contributed by atoms with E-state index in [4.69, 9.17) is 23.9 Å². The Morgan fingerprint density at radius 3 is 2.46 bits per heavy atom. The third-order valence-corrected chi connectivity index (χ3v) is 8.05. The lowest BCUT2D eigenvalue weighted by Gasteiger charge is -2.49. The number of aromatic nitrogens is 1. The molecule has 8 heteroatoms. The van der Waals surface area contributed by atoms with Gasteiger partial charge in [0, 0.05) is 44.2 Å². The second-order valence-corrected chi connectivity index (χ2v) is 9.99. The number of methoxy groups -OCH3 is 2. The van der Waals surface area contributed by atoms with Crippen molar-refractivity contribution >= 4 is 22.6 Å². The molecule has 35 heavy (non-hydrogen) atoms. The Labute approximate surface area is 207 Å². The molecule has 3 aliphatic rings. The summed E-state index contributed by atoms with van der Waals surface area (Å²) in [4.78, 5) is 18.4. The Morgan fingerprint density at radius 2 is 1.77 bits per heavy atom. The average molecular weight is 484 g/mol. The first kappa shape index (κ1) is 24.1. The SMILES string of the molecule is CCCC1NC(=O)C(Cc2cc3cc4c(cc3nc2NCC)OCO4)C2CC(OC)C(OC)CC12. The van der Waals surface area contributed by atoms with Gasteiger partial charge in [-0.15, -0.1) is 0 Å². The van der Waals surface area contributed by atoms with E-state index in [1.165, 1.54) is 0 Å². The van der Waals surface area contributed by atoms with Gasteiger partial charge in [-0.1, -0.05) is 13.3 Å². The molecule has 2 fully saturated rings. The smallest absolute Gasteiger partial charge is 0.231 e. The maximum absolute atomic E-state index is 13.5. The highest BCUT2D eigenvalue weighted by molar-refractivity contribution is 5.86. The summed E-state index contributed by atoms with van der Waals surface area (Å²) >= 11 is 0. The third kappa shape index (κ3) is 4.54. The molecule has 190 valence electrons. The van der Waals surface area contributed by atoms with Gasteiger partial charge in [0.05, 0.1) is 17.7 Å². The minimum atomic E-state index is -0.144. The van der Waals surface area contributed by atoms with Gasteiger partial charge in [0.2, 0.25) is 12.7 Å². The molecular weight excluding hydrogens is 446 g/mol. The number of hydrogen-bond donors (Lipinski definition) is 2. The van der Waals surface area contributed by atoms with Crippen molar-refractivity contribution in [2.75, 3.05) is 32.9 Å². The molecule has 2 aromatic rings. The Balaban J connectivity index is 1.49. The molecule has 5 rings (SSSR count). The fourth-order valence-corrected chi connectivity index (χ4v) is 6.36. The number of anilines is 1. The van der Waals surface area contributed by atoms with Crippen LogP contribution in [0, 0.1) is 17.8 Å². The van der Waals surface area contributed by atoms with Crippen molar-refractivity contribution < 1.29 is 23.7 Å². The number of piperidine rings is 1. The molecule has 2 N–H and O–H groups in total. The number of carbonyl (C=O) groups is 1.